The lowest BCUT2D eigenvalue weighted by Crippen LogP contribution is -2.23. The Balaban J connectivity index is 2.00. The van der Waals surface area contributed by atoms with Crippen LogP contribution in [0.25, 0.3) is 0 Å². The number of esters is 1. The molecule has 1 heterocycles. The van der Waals surface area contributed by atoms with Gasteiger partial charge in [0.15, 0.2) is 5.16 Å². The average Bonchev–Trinajstić information content (AvgIpc) is 2.90. The van der Waals surface area contributed by atoms with Crippen molar-refractivity contribution >= 4 is 40.9 Å². The molecule has 1 amide bonds. The molecule has 2 rings (SSSR count). The van der Waals surface area contributed by atoms with Gasteiger partial charge in [-0.15, -0.1) is 10.2 Å². The van der Waals surface area contributed by atoms with Crippen molar-refractivity contribution in [2.75, 3.05) is 11.9 Å². The molecule has 0 aliphatic rings. The van der Waals surface area contributed by atoms with E-state index < -0.39 is 22.9 Å². The predicted molar refractivity (Wildman–Crippen MR) is 96.7 cm³/mol. The number of nitrogens with one attached hydrogen (secondary N) is 1. The van der Waals surface area contributed by atoms with Gasteiger partial charge in [-0.05, 0) is 32.0 Å². The summed E-state index contributed by atoms with van der Waals surface area (Å²) < 4.78 is 20.3. The van der Waals surface area contributed by atoms with Crippen molar-refractivity contribution in [3.8, 4) is 0 Å². The molecule has 140 valence electrons. The van der Waals surface area contributed by atoms with Gasteiger partial charge in [0.05, 0.1) is 17.5 Å². The summed E-state index contributed by atoms with van der Waals surface area (Å²) >= 11 is 6.84. The summed E-state index contributed by atoms with van der Waals surface area (Å²) in [5.74, 6) is -0.976. The molecule has 0 aliphatic carbocycles. The lowest BCUT2D eigenvalue weighted by atomic mass is 10.3. The number of carbonyl (C=O) groups excluding carboxylic acids is 2. The molecule has 1 atom stereocenters. The van der Waals surface area contributed by atoms with Crippen molar-refractivity contribution in [1.29, 1.82) is 0 Å². The van der Waals surface area contributed by atoms with E-state index in [-0.39, 0.29) is 23.7 Å². The van der Waals surface area contributed by atoms with Crippen LogP contribution in [-0.4, -0.2) is 38.5 Å². The van der Waals surface area contributed by atoms with Gasteiger partial charge in [-0.1, -0.05) is 23.4 Å². The third-order valence-electron chi connectivity index (χ3n) is 3.37. The quantitative estimate of drug-likeness (QED) is 0.568. The zero-order chi connectivity index (χ0) is 19.3. The van der Waals surface area contributed by atoms with Crippen LogP contribution in [0.2, 0.25) is 5.02 Å². The minimum Gasteiger partial charge on any atom is -0.466 e. The van der Waals surface area contributed by atoms with E-state index in [4.69, 9.17) is 16.3 Å². The van der Waals surface area contributed by atoms with Gasteiger partial charge in [0.1, 0.15) is 18.1 Å². The monoisotopic (exact) mass is 400 g/mol. The maximum atomic E-state index is 13.8. The number of thioether (sulfide) groups is 1. The zero-order valence-corrected chi connectivity index (χ0v) is 16.0. The molecular formula is C16H18ClFN4O3S. The average molecular weight is 401 g/mol. The van der Waals surface area contributed by atoms with Crippen molar-refractivity contribution in [3.05, 3.63) is 34.9 Å². The summed E-state index contributed by atoms with van der Waals surface area (Å²) in [5, 5.41) is 10.6. The van der Waals surface area contributed by atoms with Crippen molar-refractivity contribution in [2.24, 2.45) is 7.05 Å². The lowest BCUT2D eigenvalue weighted by Gasteiger charge is -2.12. The van der Waals surface area contributed by atoms with Gasteiger partial charge >= 0.3 is 5.97 Å². The third kappa shape index (κ3) is 5.18. The Kier molecular flexibility index (Phi) is 6.98. The molecule has 1 aromatic carbocycles. The normalized spacial score (nSPS) is 11.9. The van der Waals surface area contributed by atoms with Crippen LogP contribution in [0.3, 0.4) is 0 Å². The van der Waals surface area contributed by atoms with Gasteiger partial charge in [-0.2, -0.15) is 0 Å². The Morgan fingerprint density at radius 2 is 2.15 bits per heavy atom. The second-order valence-corrected chi connectivity index (χ2v) is 7.06. The first-order valence-corrected chi connectivity index (χ1v) is 9.04. The Labute approximate surface area is 159 Å². The molecule has 0 spiro atoms. The Hall–Kier alpha value is -2.13. The molecule has 0 unspecified atom stereocenters. The number of carbonyl (C=O) groups is 2. The predicted octanol–water partition coefficient (Wildman–Crippen LogP) is 2.83. The van der Waals surface area contributed by atoms with Crippen LogP contribution in [-0.2, 0) is 27.8 Å². The molecule has 7 nitrogen and oxygen atoms in total. The number of hydrogen-bond donors (Lipinski definition) is 1. The summed E-state index contributed by atoms with van der Waals surface area (Å²) in [7, 11) is 1.69. The summed E-state index contributed by atoms with van der Waals surface area (Å²) in [6.07, 6.45) is -0.00549. The lowest BCUT2D eigenvalue weighted by molar-refractivity contribution is -0.142. The molecule has 0 saturated heterocycles. The number of amides is 1. The van der Waals surface area contributed by atoms with E-state index in [2.05, 4.69) is 15.5 Å². The number of aromatic nitrogens is 3. The maximum absolute atomic E-state index is 13.8. The van der Waals surface area contributed by atoms with Crippen LogP contribution in [0, 0.1) is 5.82 Å². The number of hydrogen-bond acceptors (Lipinski definition) is 6. The maximum Gasteiger partial charge on any atom is 0.313 e. The Morgan fingerprint density at radius 3 is 2.81 bits per heavy atom. The van der Waals surface area contributed by atoms with Crippen LogP contribution < -0.4 is 5.32 Å². The van der Waals surface area contributed by atoms with Gasteiger partial charge in [0.2, 0.25) is 5.91 Å². The first-order chi connectivity index (χ1) is 12.3. The zero-order valence-electron chi connectivity index (χ0n) is 14.5. The van der Waals surface area contributed by atoms with Crippen molar-refractivity contribution in [1.82, 2.24) is 14.8 Å². The van der Waals surface area contributed by atoms with Gasteiger partial charge < -0.3 is 14.6 Å². The van der Waals surface area contributed by atoms with E-state index in [1.165, 1.54) is 12.1 Å². The van der Waals surface area contributed by atoms with Gasteiger partial charge in [0.25, 0.3) is 0 Å². The first-order valence-electron chi connectivity index (χ1n) is 7.78. The molecule has 0 saturated carbocycles. The summed E-state index contributed by atoms with van der Waals surface area (Å²) in [6, 6.07) is 4.01. The van der Waals surface area contributed by atoms with Crippen LogP contribution in [0.1, 0.15) is 19.7 Å². The summed E-state index contributed by atoms with van der Waals surface area (Å²) in [6.45, 7) is 3.67. The number of ether oxygens (including phenoxy) is 1. The van der Waals surface area contributed by atoms with Crippen LogP contribution in [0.4, 0.5) is 10.1 Å². The highest BCUT2D eigenvalue weighted by Crippen LogP contribution is 2.24. The largest absolute Gasteiger partial charge is 0.466 e. The van der Waals surface area contributed by atoms with E-state index >= 15 is 0 Å². The van der Waals surface area contributed by atoms with Crippen molar-refractivity contribution in [3.63, 3.8) is 0 Å². The van der Waals surface area contributed by atoms with Crippen LogP contribution >= 0.6 is 23.4 Å². The van der Waals surface area contributed by atoms with E-state index in [1.807, 2.05) is 0 Å². The first kappa shape index (κ1) is 20.2. The standard InChI is InChI=1S/C16H18ClFN4O3S/c1-4-25-14(23)8-13-20-21-16(22(13)3)26-9(2)15(24)19-12-6-5-10(17)7-11(12)18/h5-7,9H,4,8H2,1-3H3,(H,19,24)/t9-/m0/s1. The van der Waals surface area contributed by atoms with E-state index in [9.17, 15) is 14.0 Å². The topological polar surface area (TPSA) is 86.1 Å². The molecule has 1 N–H and O–H groups in total. The SMILES string of the molecule is CCOC(=O)Cc1nnc(S[C@@H](C)C(=O)Nc2ccc(Cl)cc2F)n1C. The van der Waals surface area contributed by atoms with Crippen molar-refractivity contribution < 1.29 is 18.7 Å². The Bertz CT molecular complexity index is 815. The van der Waals surface area contributed by atoms with E-state index in [0.29, 0.717) is 11.0 Å². The number of anilines is 1. The highest BCUT2D eigenvalue weighted by atomic mass is 35.5. The smallest absolute Gasteiger partial charge is 0.313 e. The number of halogens is 2. The van der Waals surface area contributed by atoms with Gasteiger partial charge in [-0.25, -0.2) is 4.39 Å². The van der Waals surface area contributed by atoms with Crippen LogP contribution in [0.15, 0.2) is 23.4 Å². The fraction of sp³-hybridized carbons (Fsp3) is 0.375. The molecule has 26 heavy (non-hydrogen) atoms. The number of nitrogens with zero attached hydrogens (tertiary/aromatic N) is 3. The second kappa shape index (κ2) is 9.00. The molecule has 0 fully saturated rings. The third-order valence-corrected chi connectivity index (χ3v) is 4.74. The molecule has 1 aromatic heterocycles. The number of rotatable bonds is 7. The number of benzene rings is 1. The minimum absolute atomic E-state index is 0.00549. The van der Waals surface area contributed by atoms with Gasteiger partial charge in [-0.3, -0.25) is 9.59 Å². The molecule has 0 radical (unpaired) electrons. The van der Waals surface area contributed by atoms with Crippen LogP contribution in [0.5, 0.6) is 0 Å². The molecule has 0 aliphatic heterocycles. The second-order valence-electron chi connectivity index (χ2n) is 5.31. The molecule has 0 bridgehead atoms. The fourth-order valence-electron chi connectivity index (χ4n) is 1.98. The highest BCUT2D eigenvalue weighted by molar-refractivity contribution is 8.00. The molecule has 2 aromatic rings. The van der Waals surface area contributed by atoms with E-state index in [1.54, 1.807) is 25.5 Å². The molecule has 10 heteroatoms. The van der Waals surface area contributed by atoms with E-state index in [0.717, 1.165) is 17.8 Å². The van der Waals surface area contributed by atoms with Crippen molar-refractivity contribution in [2.45, 2.75) is 30.7 Å². The van der Waals surface area contributed by atoms with Gasteiger partial charge in [0, 0.05) is 12.1 Å². The summed E-state index contributed by atoms with van der Waals surface area (Å²) in [4.78, 5) is 23.8. The Morgan fingerprint density at radius 1 is 1.42 bits per heavy atom. The fourth-order valence-corrected chi connectivity index (χ4v) is 2.97. The highest BCUT2D eigenvalue weighted by Gasteiger charge is 2.21. The molecular weight excluding hydrogens is 383 g/mol. The summed E-state index contributed by atoms with van der Waals surface area (Å²) in [5.41, 5.74) is 0.0489. The minimum atomic E-state index is -0.613.